The van der Waals surface area contributed by atoms with Gasteiger partial charge < -0.3 is 14.6 Å². The van der Waals surface area contributed by atoms with Crippen molar-refractivity contribution in [2.45, 2.75) is 20.5 Å². The lowest BCUT2D eigenvalue weighted by Gasteiger charge is -2.08. The maximum Gasteiger partial charge on any atom is 0.184 e. The van der Waals surface area contributed by atoms with Gasteiger partial charge in [0.15, 0.2) is 11.6 Å². The maximum absolute atomic E-state index is 13.6. The highest BCUT2D eigenvalue weighted by Gasteiger charge is 2.06. The number of nitrogens with zero attached hydrogens (tertiary/aromatic N) is 3. The average Bonchev–Trinajstić information content (AvgIpc) is 2.96. The van der Waals surface area contributed by atoms with Crippen LogP contribution in [-0.2, 0) is 6.61 Å². The van der Waals surface area contributed by atoms with Gasteiger partial charge in [-0.15, -0.1) is 0 Å². The molecule has 2 heterocycles. The van der Waals surface area contributed by atoms with Gasteiger partial charge in [-0.25, -0.2) is 14.4 Å². The van der Waals surface area contributed by atoms with Gasteiger partial charge in [0.05, 0.1) is 6.20 Å². The van der Waals surface area contributed by atoms with Gasteiger partial charge in [-0.1, -0.05) is 5.16 Å². The van der Waals surface area contributed by atoms with Crippen molar-refractivity contribution < 1.29 is 13.7 Å². The number of ether oxygens (including phenoxy) is 1. The highest BCUT2D eigenvalue weighted by atomic mass is 19.1. The molecular formula is C16H15FN4O2. The second-order valence-electron chi connectivity index (χ2n) is 4.98. The van der Waals surface area contributed by atoms with E-state index < -0.39 is 5.82 Å². The molecule has 0 bridgehead atoms. The van der Waals surface area contributed by atoms with Crippen LogP contribution in [-0.4, -0.2) is 15.1 Å². The van der Waals surface area contributed by atoms with Gasteiger partial charge in [0.2, 0.25) is 0 Å². The minimum Gasteiger partial charge on any atom is -0.487 e. The topological polar surface area (TPSA) is 73.1 Å². The first kappa shape index (κ1) is 15.0. The van der Waals surface area contributed by atoms with Crippen molar-refractivity contribution >= 4 is 11.5 Å². The van der Waals surface area contributed by atoms with Crippen molar-refractivity contribution in [3.63, 3.8) is 0 Å². The summed E-state index contributed by atoms with van der Waals surface area (Å²) in [5, 5.41) is 6.76. The van der Waals surface area contributed by atoms with E-state index in [1.165, 1.54) is 0 Å². The van der Waals surface area contributed by atoms with Gasteiger partial charge in [-0.05, 0) is 38.1 Å². The Labute approximate surface area is 132 Å². The zero-order valence-corrected chi connectivity index (χ0v) is 12.7. The van der Waals surface area contributed by atoms with E-state index in [4.69, 9.17) is 9.26 Å². The first-order chi connectivity index (χ1) is 11.1. The zero-order valence-electron chi connectivity index (χ0n) is 12.7. The summed E-state index contributed by atoms with van der Waals surface area (Å²) in [4.78, 5) is 7.81. The van der Waals surface area contributed by atoms with Crippen LogP contribution in [0.1, 0.15) is 17.3 Å². The SMILES string of the molecule is Cc1ncc(F)c(Nc2ccc(OCc3cc(C)on3)cc2)n1. The van der Waals surface area contributed by atoms with Crippen LogP contribution in [0.15, 0.2) is 41.1 Å². The Bertz CT molecular complexity index is 802. The molecule has 3 aromatic rings. The number of rotatable bonds is 5. The van der Waals surface area contributed by atoms with Crippen molar-refractivity contribution in [1.29, 1.82) is 0 Å². The number of halogens is 1. The fourth-order valence-electron chi connectivity index (χ4n) is 1.96. The molecule has 7 heteroatoms. The first-order valence-electron chi connectivity index (χ1n) is 7.01. The van der Waals surface area contributed by atoms with Crippen molar-refractivity contribution in [3.8, 4) is 5.75 Å². The highest BCUT2D eigenvalue weighted by Crippen LogP contribution is 2.21. The summed E-state index contributed by atoms with van der Waals surface area (Å²) in [6, 6.07) is 8.93. The molecule has 3 rings (SSSR count). The van der Waals surface area contributed by atoms with Crippen LogP contribution in [0, 0.1) is 19.7 Å². The number of nitrogens with one attached hydrogen (secondary N) is 1. The fourth-order valence-corrected chi connectivity index (χ4v) is 1.96. The Balaban J connectivity index is 1.63. The molecule has 0 fully saturated rings. The molecule has 2 aromatic heterocycles. The minimum atomic E-state index is -0.502. The predicted octanol–water partition coefficient (Wildman–Crippen LogP) is 3.54. The van der Waals surface area contributed by atoms with Crippen molar-refractivity contribution in [1.82, 2.24) is 15.1 Å². The van der Waals surface area contributed by atoms with Crippen molar-refractivity contribution in [3.05, 3.63) is 59.6 Å². The minimum absolute atomic E-state index is 0.143. The molecule has 1 N–H and O–H groups in total. The third-order valence-electron chi connectivity index (χ3n) is 3.05. The summed E-state index contributed by atoms with van der Waals surface area (Å²) in [6.45, 7) is 3.85. The molecule has 0 saturated heterocycles. The lowest BCUT2D eigenvalue weighted by Crippen LogP contribution is -2.00. The van der Waals surface area contributed by atoms with Gasteiger partial charge in [0.25, 0.3) is 0 Å². The summed E-state index contributed by atoms with van der Waals surface area (Å²) in [5.41, 5.74) is 1.43. The second-order valence-corrected chi connectivity index (χ2v) is 4.98. The third kappa shape index (κ3) is 3.82. The zero-order chi connectivity index (χ0) is 16.2. The Hall–Kier alpha value is -2.96. The predicted molar refractivity (Wildman–Crippen MR) is 82.0 cm³/mol. The Kier molecular flexibility index (Phi) is 4.18. The molecular weight excluding hydrogens is 299 g/mol. The molecule has 1 aromatic carbocycles. The smallest absolute Gasteiger partial charge is 0.184 e. The summed E-state index contributed by atoms with van der Waals surface area (Å²) in [7, 11) is 0. The fraction of sp³-hybridized carbons (Fsp3) is 0.188. The van der Waals surface area contributed by atoms with Crippen molar-refractivity contribution in [2.75, 3.05) is 5.32 Å². The average molecular weight is 314 g/mol. The lowest BCUT2D eigenvalue weighted by atomic mass is 10.3. The molecule has 0 radical (unpaired) electrons. The van der Waals surface area contributed by atoms with E-state index >= 15 is 0 Å². The Morgan fingerprint density at radius 1 is 1.22 bits per heavy atom. The van der Waals surface area contributed by atoms with E-state index in [9.17, 15) is 4.39 Å². The molecule has 118 valence electrons. The summed E-state index contributed by atoms with van der Waals surface area (Å²) in [6.07, 6.45) is 1.14. The van der Waals surface area contributed by atoms with Crippen LogP contribution >= 0.6 is 0 Å². The summed E-state index contributed by atoms with van der Waals surface area (Å²) >= 11 is 0. The quantitative estimate of drug-likeness (QED) is 0.776. The van der Waals surface area contributed by atoms with Crippen LogP contribution in [0.2, 0.25) is 0 Å². The van der Waals surface area contributed by atoms with Crippen molar-refractivity contribution in [2.24, 2.45) is 0 Å². The Morgan fingerprint density at radius 2 is 2.00 bits per heavy atom. The van der Waals surface area contributed by atoms with Crippen LogP contribution in [0.25, 0.3) is 0 Å². The summed E-state index contributed by atoms with van der Waals surface area (Å²) < 4.78 is 24.2. The van der Waals surface area contributed by atoms with Crippen LogP contribution in [0.4, 0.5) is 15.9 Å². The lowest BCUT2D eigenvalue weighted by molar-refractivity contribution is 0.288. The van der Waals surface area contributed by atoms with Gasteiger partial charge in [-0.2, -0.15) is 0 Å². The van der Waals surface area contributed by atoms with E-state index in [2.05, 4.69) is 20.4 Å². The van der Waals surface area contributed by atoms with Crippen LogP contribution in [0.5, 0.6) is 5.75 Å². The molecule has 6 nitrogen and oxygen atoms in total. The maximum atomic E-state index is 13.6. The van der Waals surface area contributed by atoms with E-state index in [1.54, 1.807) is 31.2 Å². The second kappa shape index (κ2) is 6.43. The molecule has 0 saturated carbocycles. The van der Waals surface area contributed by atoms with Crippen LogP contribution in [0.3, 0.4) is 0 Å². The number of hydrogen-bond acceptors (Lipinski definition) is 6. The highest BCUT2D eigenvalue weighted by molar-refractivity contribution is 5.57. The molecule has 0 unspecified atom stereocenters. The molecule has 0 aliphatic rings. The molecule has 23 heavy (non-hydrogen) atoms. The van der Waals surface area contributed by atoms with Gasteiger partial charge >= 0.3 is 0 Å². The standard InChI is InChI=1S/C16H15FN4O2/c1-10-7-13(21-23-10)9-22-14-5-3-12(4-6-14)20-16-15(17)8-18-11(2)19-16/h3-8H,9H2,1-2H3,(H,18,19,20). The molecule has 0 aliphatic heterocycles. The van der Waals surface area contributed by atoms with E-state index in [0.29, 0.717) is 23.9 Å². The number of hydrogen-bond donors (Lipinski definition) is 1. The molecule has 0 aliphatic carbocycles. The number of benzene rings is 1. The number of anilines is 2. The van der Waals surface area contributed by atoms with Gasteiger partial charge in [0, 0.05) is 11.8 Å². The number of aromatic nitrogens is 3. The largest absolute Gasteiger partial charge is 0.487 e. The number of aryl methyl sites for hydroxylation is 2. The third-order valence-corrected chi connectivity index (χ3v) is 3.05. The van der Waals surface area contributed by atoms with Gasteiger partial charge in [0.1, 0.15) is 29.6 Å². The molecule has 0 spiro atoms. The summed E-state index contributed by atoms with van der Waals surface area (Å²) in [5.74, 6) is 1.55. The van der Waals surface area contributed by atoms with E-state index in [-0.39, 0.29) is 5.82 Å². The normalized spacial score (nSPS) is 10.6. The Morgan fingerprint density at radius 3 is 2.70 bits per heavy atom. The van der Waals surface area contributed by atoms with E-state index in [1.807, 2.05) is 13.0 Å². The van der Waals surface area contributed by atoms with Crippen LogP contribution < -0.4 is 10.1 Å². The van der Waals surface area contributed by atoms with Gasteiger partial charge in [-0.3, -0.25) is 0 Å². The monoisotopic (exact) mass is 314 g/mol. The van der Waals surface area contributed by atoms with E-state index in [0.717, 1.165) is 17.7 Å². The molecule has 0 amide bonds. The molecule has 0 atom stereocenters. The first-order valence-corrected chi connectivity index (χ1v) is 7.01.